The first kappa shape index (κ1) is 9.78. The van der Waals surface area contributed by atoms with Crippen LogP contribution in [-0.2, 0) is 13.0 Å². The highest BCUT2D eigenvalue weighted by Gasteiger charge is 2.14. The second-order valence-corrected chi connectivity index (χ2v) is 4.14. The standard InChI is InChI=1S/C12H20N2/c1-2-14-9-5-7-12(14)10-11-6-3-4-8-13-11/h5,7,9,11,13H,2-4,6,8,10H2,1H3. The molecule has 1 unspecified atom stereocenters. The van der Waals surface area contributed by atoms with E-state index in [1.165, 1.54) is 37.9 Å². The molecule has 0 amide bonds. The second kappa shape index (κ2) is 4.65. The van der Waals surface area contributed by atoms with Crippen LogP contribution in [0.5, 0.6) is 0 Å². The van der Waals surface area contributed by atoms with Crippen molar-refractivity contribution in [3.05, 3.63) is 24.0 Å². The van der Waals surface area contributed by atoms with Crippen LogP contribution >= 0.6 is 0 Å². The van der Waals surface area contributed by atoms with E-state index in [4.69, 9.17) is 0 Å². The number of piperidine rings is 1. The Bertz CT molecular complexity index is 272. The smallest absolute Gasteiger partial charge is 0.0193 e. The van der Waals surface area contributed by atoms with Crippen molar-refractivity contribution in [2.45, 2.75) is 45.2 Å². The van der Waals surface area contributed by atoms with Gasteiger partial charge in [0.25, 0.3) is 0 Å². The third kappa shape index (κ3) is 2.18. The molecule has 1 aliphatic heterocycles. The van der Waals surface area contributed by atoms with E-state index in [1.807, 2.05) is 0 Å². The maximum Gasteiger partial charge on any atom is 0.0193 e. The van der Waals surface area contributed by atoms with E-state index < -0.39 is 0 Å². The van der Waals surface area contributed by atoms with Gasteiger partial charge >= 0.3 is 0 Å². The Balaban J connectivity index is 1.95. The molecule has 1 N–H and O–H groups in total. The Hall–Kier alpha value is -0.760. The monoisotopic (exact) mass is 192 g/mol. The molecule has 1 aromatic heterocycles. The Morgan fingerprint density at radius 3 is 3.14 bits per heavy atom. The summed E-state index contributed by atoms with van der Waals surface area (Å²) in [6.07, 6.45) is 7.46. The van der Waals surface area contributed by atoms with Gasteiger partial charge in [-0.1, -0.05) is 6.42 Å². The Morgan fingerprint density at radius 1 is 1.50 bits per heavy atom. The minimum Gasteiger partial charge on any atom is -0.352 e. The number of rotatable bonds is 3. The first-order chi connectivity index (χ1) is 6.90. The lowest BCUT2D eigenvalue weighted by atomic mass is 10.0. The molecule has 2 heterocycles. The van der Waals surface area contributed by atoms with Crippen molar-refractivity contribution in [1.29, 1.82) is 0 Å². The fourth-order valence-electron chi connectivity index (χ4n) is 2.29. The summed E-state index contributed by atoms with van der Waals surface area (Å²) in [5.74, 6) is 0. The van der Waals surface area contributed by atoms with Crippen LogP contribution in [0.15, 0.2) is 18.3 Å². The SMILES string of the molecule is CCn1cccc1CC1CCCCN1. The fourth-order valence-corrected chi connectivity index (χ4v) is 2.29. The van der Waals surface area contributed by atoms with Crippen LogP contribution in [0.3, 0.4) is 0 Å². The van der Waals surface area contributed by atoms with Crippen molar-refractivity contribution >= 4 is 0 Å². The van der Waals surface area contributed by atoms with Gasteiger partial charge in [0, 0.05) is 30.9 Å². The first-order valence-electron chi connectivity index (χ1n) is 5.77. The Morgan fingerprint density at radius 2 is 2.43 bits per heavy atom. The first-order valence-corrected chi connectivity index (χ1v) is 5.77. The van der Waals surface area contributed by atoms with E-state index in [-0.39, 0.29) is 0 Å². The number of hydrogen-bond donors (Lipinski definition) is 1. The van der Waals surface area contributed by atoms with Crippen LogP contribution < -0.4 is 5.32 Å². The largest absolute Gasteiger partial charge is 0.352 e. The zero-order valence-electron chi connectivity index (χ0n) is 9.00. The lowest BCUT2D eigenvalue weighted by Crippen LogP contribution is -2.36. The molecule has 2 heteroatoms. The fraction of sp³-hybridized carbons (Fsp3) is 0.667. The molecular weight excluding hydrogens is 172 g/mol. The van der Waals surface area contributed by atoms with Gasteiger partial charge < -0.3 is 9.88 Å². The van der Waals surface area contributed by atoms with Gasteiger partial charge in [-0.05, 0) is 38.4 Å². The van der Waals surface area contributed by atoms with Gasteiger partial charge in [-0.25, -0.2) is 0 Å². The highest BCUT2D eigenvalue weighted by atomic mass is 15.0. The topological polar surface area (TPSA) is 17.0 Å². The van der Waals surface area contributed by atoms with Gasteiger partial charge in [-0.3, -0.25) is 0 Å². The predicted molar refractivity (Wildman–Crippen MR) is 59.5 cm³/mol. The lowest BCUT2D eigenvalue weighted by Gasteiger charge is -2.23. The number of nitrogens with zero attached hydrogens (tertiary/aromatic N) is 1. The maximum atomic E-state index is 3.60. The Labute approximate surface area is 86.3 Å². The molecule has 1 atom stereocenters. The molecule has 0 aliphatic carbocycles. The van der Waals surface area contributed by atoms with Crippen LogP contribution in [0.2, 0.25) is 0 Å². The van der Waals surface area contributed by atoms with Gasteiger partial charge in [0.15, 0.2) is 0 Å². The average molecular weight is 192 g/mol. The highest BCUT2D eigenvalue weighted by Crippen LogP contribution is 2.13. The van der Waals surface area contributed by atoms with Gasteiger partial charge in [0.05, 0.1) is 0 Å². The van der Waals surface area contributed by atoms with Crippen LogP contribution in [-0.4, -0.2) is 17.2 Å². The van der Waals surface area contributed by atoms with E-state index in [1.54, 1.807) is 0 Å². The van der Waals surface area contributed by atoms with Crippen LogP contribution in [0.1, 0.15) is 31.9 Å². The number of aryl methyl sites for hydroxylation is 1. The lowest BCUT2D eigenvalue weighted by molar-refractivity contribution is 0.393. The van der Waals surface area contributed by atoms with Gasteiger partial charge in [-0.2, -0.15) is 0 Å². The quantitative estimate of drug-likeness (QED) is 0.777. The summed E-state index contributed by atoms with van der Waals surface area (Å²) < 4.78 is 2.34. The van der Waals surface area contributed by atoms with E-state index >= 15 is 0 Å². The van der Waals surface area contributed by atoms with Crippen molar-refractivity contribution in [3.63, 3.8) is 0 Å². The summed E-state index contributed by atoms with van der Waals surface area (Å²) in [4.78, 5) is 0. The normalized spacial score (nSPS) is 22.5. The molecule has 0 saturated carbocycles. The summed E-state index contributed by atoms with van der Waals surface area (Å²) in [6.45, 7) is 4.50. The minimum absolute atomic E-state index is 0.712. The molecule has 1 fully saturated rings. The molecule has 1 aromatic rings. The van der Waals surface area contributed by atoms with E-state index in [2.05, 4.69) is 35.1 Å². The molecule has 2 nitrogen and oxygen atoms in total. The molecule has 0 radical (unpaired) electrons. The third-order valence-electron chi connectivity index (χ3n) is 3.13. The van der Waals surface area contributed by atoms with E-state index in [0.717, 1.165) is 6.54 Å². The molecule has 0 spiro atoms. The summed E-state index contributed by atoms with van der Waals surface area (Å²) in [5.41, 5.74) is 1.48. The summed E-state index contributed by atoms with van der Waals surface area (Å²) in [6, 6.07) is 5.12. The highest BCUT2D eigenvalue weighted by molar-refractivity contribution is 5.09. The number of aromatic nitrogens is 1. The van der Waals surface area contributed by atoms with Crippen molar-refractivity contribution in [2.75, 3.05) is 6.54 Å². The van der Waals surface area contributed by atoms with Crippen LogP contribution in [0.4, 0.5) is 0 Å². The summed E-state index contributed by atoms with van der Waals surface area (Å²) >= 11 is 0. The van der Waals surface area contributed by atoms with Gasteiger partial charge in [-0.15, -0.1) is 0 Å². The molecule has 0 aromatic carbocycles. The zero-order chi connectivity index (χ0) is 9.80. The van der Waals surface area contributed by atoms with Crippen molar-refractivity contribution in [2.24, 2.45) is 0 Å². The molecule has 78 valence electrons. The third-order valence-corrected chi connectivity index (χ3v) is 3.13. The van der Waals surface area contributed by atoms with Crippen molar-refractivity contribution in [1.82, 2.24) is 9.88 Å². The van der Waals surface area contributed by atoms with E-state index in [0.29, 0.717) is 6.04 Å². The van der Waals surface area contributed by atoms with Crippen molar-refractivity contribution < 1.29 is 0 Å². The van der Waals surface area contributed by atoms with Gasteiger partial charge in [0.1, 0.15) is 0 Å². The molecule has 14 heavy (non-hydrogen) atoms. The van der Waals surface area contributed by atoms with Crippen LogP contribution in [0, 0.1) is 0 Å². The number of hydrogen-bond acceptors (Lipinski definition) is 1. The summed E-state index contributed by atoms with van der Waals surface area (Å²) in [7, 11) is 0. The molecule has 2 rings (SSSR count). The van der Waals surface area contributed by atoms with Gasteiger partial charge in [0.2, 0.25) is 0 Å². The molecule has 0 bridgehead atoms. The average Bonchev–Trinajstić information content (AvgIpc) is 2.67. The van der Waals surface area contributed by atoms with Crippen molar-refractivity contribution in [3.8, 4) is 0 Å². The molecular formula is C12H20N2. The minimum atomic E-state index is 0.712. The molecule has 1 saturated heterocycles. The zero-order valence-corrected chi connectivity index (χ0v) is 9.00. The molecule has 1 aliphatic rings. The Kier molecular flexibility index (Phi) is 3.25. The van der Waals surface area contributed by atoms with E-state index in [9.17, 15) is 0 Å². The summed E-state index contributed by atoms with van der Waals surface area (Å²) in [5, 5.41) is 3.60. The van der Waals surface area contributed by atoms with Crippen LogP contribution in [0.25, 0.3) is 0 Å². The maximum absolute atomic E-state index is 3.60. The predicted octanol–water partition coefficient (Wildman–Crippen LogP) is 2.19. The number of nitrogens with one attached hydrogen (secondary N) is 1. The second-order valence-electron chi connectivity index (χ2n) is 4.14.